The van der Waals surface area contributed by atoms with E-state index in [0.29, 0.717) is 22.3 Å². The number of H-pyrrole nitrogens is 2. The number of rotatable bonds is 8. The third kappa shape index (κ3) is 13.7. The van der Waals surface area contributed by atoms with Gasteiger partial charge >= 0.3 is 14.0 Å². The van der Waals surface area contributed by atoms with Gasteiger partial charge in [-0.15, -0.1) is 0 Å². The summed E-state index contributed by atoms with van der Waals surface area (Å²) in [5.41, 5.74) is 9.79. The van der Waals surface area contributed by atoms with E-state index in [4.69, 9.17) is 18.6 Å². The topological polar surface area (TPSA) is 196 Å². The van der Waals surface area contributed by atoms with E-state index >= 15 is 0 Å². The number of aromatic amines is 2. The van der Waals surface area contributed by atoms with Gasteiger partial charge in [0.25, 0.3) is 22.9 Å². The minimum atomic E-state index is -0.476. The summed E-state index contributed by atoms with van der Waals surface area (Å²) in [6, 6.07) is 14.9. The number of nitrogens with zero attached hydrogens (tertiary/aromatic N) is 4. The Hall–Kier alpha value is -5.37. The van der Waals surface area contributed by atoms with E-state index in [-0.39, 0.29) is 58.4 Å². The lowest BCUT2D eigenvalue weighted by Crippen LogP contribution is -2.41. The summed E-state index contributed by atoms with van der Waals surface area (Å²) in [5.74, 6) is -0.387. The van der Waals surface area contributed by atoms with Gasteiger partial charge in [0, 0.05) is 70.9 Å². The Labute approximate surface area is 453 Å². The van der Waals surface area contributed by atoms with Crippen LogP contribution in [0.4, 0.5) is 0 Å². The van der Waals surface area contributed by atoms with Crippen LogP contribution < -0.4 is 21.8 Å². The number of aromatic nitrogens is 6. The predicted molar refractivity (Wildman–Crippen MR) is 300 cm³/mol. The summed E-state index contributed by atoms with van der Waals surface area (Å²) in [6.07, 6.45) is 3.59. The molecule has 2 fully saturated rings. The lowest BCUT2D eigenvalue weighted by Gasteiger charge is -2.32. The van der Waals surface area contributed by atoms with Crippen LogP contribution in [0.2, 0.25) is 0 Å². The second-order valence-corrected chi connectivity index (χ2v) is 22.5. The molecule has 8 rings (SSSR count). The number of halogens is 2. The van der Waals surface area contributed by atoms with Gasteiger partial charge in [-0.05, 0) is 185 Å². The van der Waals surface area contributed by atoms with Crippen molar-refractivity contribution < 1.29 is 28.2 Å². The van der Waals surface area contributed by atoms with Gasteiger partial charge in [0.05, 0.1) is 46.3 Å². The second-order valence-electron chi connectivity index (χ2n) is 20.9. The molecule has 2 amide bonds. The van der Waals surface area contributed by atoms with Gasteiger partial charge in [-0.25, -0.2) is 4.98 Å². The minimum Gasteiger partial charge on any atom is -0.405 e. The van der Waals surface area contributed by atoms with Crippen molar-refractivity contribution in [3.8, 4) is 11.3 Å². The average Bonchev–Trinajstić information content (AvgIpc) is 3.94. The summed E-state index contributed by atoms with van der Waals surface area (Å²) in [5, 5.41) is 9.97. The van der Waals surface area contributed by atoms with Crippen LogP contribution in [0.1, 0.15) is 132 Å². The molecule has 20 heteroatoms. The Bertz CT molecular complexity index is 3040. The third-order valence-corrected chi connectivity index (χ3v) is 16.1. The van der Waals surface area contributed by atoms with Gasteiger partial charge < -0.3 is 43.8 Å². The number of hydrogen-bond acceptors (Lipinski definition) is 10. The Morgan fingerprint density at radius 1 is 0.635 bits per heavy atom. The van der Waals surface area contributed by atoms with Gasteiger partial charge in [-0.3, -0.25) is 23.9 Å². The fraction of sp³-hybridized carbons (Fsp3) is 0.444. The maximum atomic E-state index is 12.8. The van der Waals surface area contributed by atoms with Crippen molar-refractivity contribution in [3.63, 3.8) is 0 Å². The standard InChI is InChI=1S/C21H24N4O2.C16H17BrN2O2.C12H24B2O4.C5H7BrN2/c1-12-9-14(3)24-21(27)18(12)11-22-20(26)17-8-6-7-16(15(17)4)19-13(2)10-23-25(19)5;1-9-7-10(2)19-16(21)13(9)8-18-15(20)12-5-4-6-14(17)11(12)3;1-9(2)10(3,4)16-13(15-9)14-17-11(5,6)12(7,8)18-14;1-4-5(6)8(2)3-7-4/h6-10H,11H2,1-5H3,(H,22,26)(H,24,27);4-7H,8H2,1-3H3,(H,18,20)(H,19,21);1-8H3;3H,1-2H3. The molecule has 74 heavy (non-hydrogen) atoms. The Morgan fingerprint density at radius 3 is 1.41 bits per heavy atom. The fourth-order valence-electron chi connectivity index (χ4n) is 8.19. The van der Waals surface area contributed by atoms with E-state index in [1.54, 1.807) is 18.5 Å². The molecule has 0 atom stereocenters. The van der Waals surface area contributed by atoms with Crippen molar-refractivity contribution in [2.75, 3.05) is 0 Å². The molecule has 4 N–H and O–H groups in total. The molecule has 0 saturated carbocycles. The molecule has 16 nitrogen and oxygen atoms in total. The van der Waals surface area contributed by atoms with E-state index in [2.05, 4.69) is 62.5 Å². The number of benzene rings is 2. The predicted octanol–water partition coefficient (Wildman–Crippen LogP) is 9.67. The average molecular weight is 1140 g/mol. The highest BCUT2D eigenvalue weighted by Gasteiger charge is 2.63. The maximum absolute atomic E-state index is 12.8. The van der Waals surface area contributed by atoms with Crippen LogP contribution in [-0.4, -0.2) is 77.5 Å². The molecule has 396 valence electrons. The summed E-state index contributed by atoms with van der Waals surface area (Å²) in [6.45, 7) is 31.8. The van der Waals surface area contributed by atoms with Crippen molar-refractivity contribution in [3.05, 3.63) is 158 Å². The first kappa shape index (κ1) is 59.5. The smallest absolute Gasteiger partial charge is 0.405 e. The molecular weight excluding hydrogens is 1070 g/mol. The second kappa shape index (κ2) is 23.7. The Balaban J connectivity index is 0.000000194. The van der Waals surface area contributed by atoms with E-state index in [9.17, 15) is 19.2 Å². The van der Waals surface area contributed by atoms with Crippen LogP contribution in [0.25, 0.3) is 11.3 Å². The van der Waals surface area contributed by atoms with E-state index < -0.39 is 14.0 Å². The molecule has 0 radical (unpaired) electrons. The Kier molecular flexibility index (Phi) is 19.0. The van der Waals surface area contributed by atoms with E-state index in [0.717, 1.165) is 65.2 Å². The fourth-order valence-corrected chi connectivity index (χ4v) is 8.75. The van der Waals surface area contributed by atoms with Crippen molar-refractivity contribution in [2.45, 2.75) is 146 Å². The van der Waals surface area contributed by atoms with Crippen LogP contribution in [0.5, 0.6) is 0 Å². The molecular formula is C54H72B2Br2N8O8. The number of nitrogens with one attached hydrogen (secondary N) is 4. The summed E-state index contributed by atoms with van der Waals surface area (Å²) >= 11 is 6.76. The number of amides is 2. The molecule has 4 aromatic heterocycles. The summed E-state index contributed by atoms with van der Waals surface area (Å²) in [7, 11) is 2.89. The van der Waals surface area contributed by atoms with Crippen LogP contribution in [0.3, 0.4) is 0 Å². The lowest BCUT2D eigenvalue weighted by molar-refractivity contribution is 0.00578. The quantitative estimate of drug-likeness (QED) is 0.107. The first-order valence-corrected chi connectivity index (χ1v) is 26.0. The number of carbonyl (C=O) groups excluding carboxylic acids is 2. The van der Waals surface area contributed by atoms with Crippen molar-refractivity contribution >= 4 is 57.7 Å². The number of pyridine rings is 2. The highest BCUT2D eigenvalue weighted by Crippen LogP contribution is 2.43. The van der Waals surface area contributed by atoms with Crippen molar-refractivity contribution in [1.82, 2.24) is 39.9 Å². The maximum Gasteiger partial charge on any atom is 0.488 e. The molecule has 2 aliphatic rings. The number of hydrogen-bond donors (Lipinski definition) is 4. The van der Waals surface area contributed by atoms with Crippen LogP contribution in [0, 0.1) is 55.4 Å². The first-order chi connectivity index (χ1) is 34.3. The van der Waals surface area contributed by atoms with E-state index in [1.165, 1.54) is 0 Å². The Morgan fingerprint density at radius 2 is 1.05 bits per heavy atom. The summed E-state index contributed by atoms with van der Waals surface area (Å²) < 4.78 is 29.5. The number of imidazole rings is 1. The van der Waals surface area contributed by atoms with Crippen LogP contribution >= 0.6 is 31.9 Å². The molecule has 0 aliphatic carbocycles. The van der Waals surface area contributed by atoms with Crippen LogP contribution in [-0.2, 0) is 45.8 Å². The highest BCUT2D eigenvalue weighted by molar-refractivity contribution is 9.10. The molecule has 2 aromatic carbocycles. The van der Waals surface area contributed by atoms with Gasteiger partial charge in [-0.2, -0.15) is 5.10 Å². The normalized spacial score (nSPS) is 15.8. The number of aryl methyl sites for hydroxylation is 8. The molecule has 2 saturated heterocycles. The number of carbonyl (C=O) groups is 2. The zero-order chi connectivity index (χ0) is 55.4. The third-order valence-electron chi connectivity index (χ3n) is 14.1. The monoisotopic (exact) mass is 1140 g/mol. The van der Waals surface area contributed by atoms with Gasteiger partial charge in [0.1, 0.15) is 4.60 Å². The van der Waals surface area contributed by atoms with Crippen molar-refractivity contribution in [1.29, 1.82) is 0 Å². The first-order valence-electron chi connectivity index (χ1n) is 24.4. The molecule has 2 aliphatic heterocycles. The molecule has 0 bridgehead atoms. The molecule has 0 spiro atoms. The minimum absolute atomic E-state index is 0.154. The summed E-state index contributed by atoms with van der Waals surface area (Å²) in [4.78, 5) is 58.6. The zero-order valence-corrected chi connectivity index (χ0v) is 49.3. The highest BCUT2D eigenvalue weighted by atomic mass is 79.9. The van der Waals surface area contributed by atoms with Crippen LogP contribution in [0.15, 0.2) is 79.7 Å². The van der Waals surface area contributed by atoms with Gasteiger partial charge in [0.2, 0.25) is 0 Å². The lowest BCUT2D eigenvalue weighted by atomic mass is 9.49. The molecule has 0 unspecified atom stereocenters. The zero-order valence-electron chi connectivity index (χ0n) is 46.2. The molecule has 6 aromatic rings. The van der Waals surface area contributed by atoms with E-state index in [1.807, 2.05) is 177 Å². The SMILES string of the molecule is CC1(C)OB(B2OC(C)(C)C(C)(C)O2)OC1(C)C.Cc1cc(C)c(CNC(=O)c2cccc(-c3c(C)cnn3C)c2C)c(=O)[nH]1.Cc1cc(C)c(CNC(=O)c2cccc(Br)c2C)c(=O)[nH]1.Cc1ncn(C)c1Br. The van der Waals surface area contributed by atoms with Gasteiger partial charge in [-0.1, -0.05) is 34.1 Å². The largest absolute Gasteiger partial charge is 0.488 e. The molecule has 6 heterocycles. The van der Waals surface area contributed by atoms with Gasteiger partial charge in [0.15, 0.2) is 0 Å². The van der Waals surface area contributed by atoms with Crippen molar-refractivity contribution in [2.24, 2.45) is 14.1 Å².